The summed E-state index contributed by atoms with van der Waals surface area (Å²) in [7, 11) is 4.37. The molecule has 1 aliphatic heterocycles. The molecule has 1 N–H and O–H groups in total. The van der Waals surface area contributed by atoms with Crippen LogP contribution in [0.1, 0.15) is 31.9 Å². The van der Waals surface area contributed by atoms with E-state index in [0.29, 0.717) is 17.0 Å². The molecule has 0 spiro atoms. The highest BCUT2D eigenvalue weighted by Gasteiger charge is 2.63. The minimum absolute atomic E-state index is 0.108. The summed E-state index contributed by atoms with van der Waals surface area (Å²) in [5.41, 5.74) is -1.05. The Morgan fingerprint density at radius 1 is 0.974 bits per heavy atom. The summed E-state index contributed by atoms with van der Waals surface area (Å²) >= 11 is 6.02. The molecular weight excluding hydrogens is 523 g/mol. The second kappa shape index (κ2) is 10.6. The number of nitrogens with one attached hydrogen (secondary N) is 1. The van der Waals surface area contributed by atoms with Crippen molar-refractivity contribution in [1.82, 2.24) is 5.32 Å². The van der Waals surface area contributed by atoms with Crippen LogP contribution in [0.2, 0.25) is 5.02 Å². The molecule has 0 aliphatic carbocycles. The van der Waals surface area contributed by atoms with Crippen LogP contribution in [0, 0.1) is 5.82 Å². The highest BCUT2D eigenvalue weighted by Crippen LogP contribution is 2.53. The third-order valence-electron chi connectivity index (χ3n) is 6.33. The Labute approximate surface area is 232 Å². The van der Waals surface area contributed by atoms with Gasteiger partial charge in [-0.2, -0.15) is 0 Å². The van der Waals surface area contributed by atoms with Gasteiger partial charge in [-0.05, 0) is 50.1 Å². The number of ether oxygens (including phenoxy) is 3. The Morgan fingerprint density at radius 2 is 1.59 bits per heavy atom. The average molecular weight is 553 g/mol. The summed E-state index contributed by atoms with van der Waals surface area (Å²) < 4.78 is 31.4. The maximum absolute atomic E-state index is 14.9. The molecule has 3 aromatic rings. The zero-order chi connectivity index (χ0) is 28.5. The van der Waals surface area contributed by atoms with Crippen LogP contribution in [0.4, 0.5) is 10.1 Å². The number of nitrogens with zero attached hydrogens (tertiary/aromatic N) is 1. The van der Waals surface area contributed by atoms with E-state index < -0.39 is 28.7 Å². The Balaban J connectivity index is 2.07. The van der Waals surface area contributed by atoms with Crippen molar-refractivity contribution in [2.75, 3.05) is 26.2 Å². The lowest BCUT2D eigenvalue weighted by molar-refractivity contribution is -0.135. The SMILES string of the molecule is COc1cc(N2C(=O)/C(=C\c3ccccc3)C2(C(=O)NC(C)(C)C)c2ccc(Cl)c(F)c2)cc(OC)c1OC. The standard InChI is InChI=1S/C30H30ClFN2O5/c1-29(2,3)33-28(36)30(19-12-13-22(31)23(32)15-19)21(14-18-10-8-7-9-11-18)27(35)34(30)20-16-24(37-4)26(39-6)25(17-20)38-5/h7-17H,1-6H3,(H,33,36)/b21-14+. The number of β-lactam (4-membered cyclic amide) rings is 1. The third-order valence-corrected chi connectivity index (χ3v) is 6.64. The molecule has 0 radical (unpaired) electrons. The second-order valence-corrected chi connectivity index (χ2v) is 10.4. The van der Waals surface area contributed by atoms with Gasteiger partial charge in [-0.15, -0.1) is 0 Å². The normalized spacial score (nSPS) is 18.0. The summed E-state index contributed by atoms with van der Waals surface area (Å²) in [4.78, 5) is 29.6. The Kier molecular flexibility index (Phi) is 7.61. The highest BCUT2D eigenvalue weighted by molar-refractivity contribution is 6.31. The van der Waals surface area contributed by atoms with Crippen molar-refractivity contribution < 1.29 is 28.2 Å². The molecule has 39 heavy (non-hydrogen) atoms. The summed E-state index contributed by atoms with van der Waals surface area (Å²) in [6.45, 7) is 5.48. The van der Waals surface area contributed by atoms with Gasteiger partial charge in [-0.3, -0.25) is 14.5 Å². The van der Waals surface area contributed by atoms with Crippen LogP contribution in [0.15, 0.2) is 66.2 Å². The maximum Gasteiger partial charge on any atom is 0.259 e. The predicted molar refractivity (Wildman–Crippen MR) is 149 cm³/mol. The zero-order valence-corrected chi connectivity index (χ0v) is 23.4. The van der Waals surface area contributed by atoms with E-state index in [1.807, 2.05) is 51.1 Å². The molecular formula is C30H30ClFN2O5. The molecule has 0 bridgehead atoms. The summed E-state index contributed by atoms with van der Waals surface area (Å²) in [6.07, 6.45) is 1.64. The lowest BCUT2D eigenvalue weighted by Gasteiger charge is -2.53. The fourth-order valence-corrected chi connectivity index (χ4v) is 4.79. The van der Waals surface area contributed by atoms with Crippen LogP contribution >= 0.6 is 11.6 Å². The molecule has 1 heterocycles. The molecule has 1 fully saturated rings. The van der Waals surface area contributed by atoms with E-state index in [0.717, 1.165) is 0 Å². The molecule has 9 heteroatoms. The summed E-state index contributed by atoms with van der Waals surface area (Å²) in [5, 5.41) is 2.89. The molecule has 4 rings (SSSR count). The first-order chi connectivity index (χ1) is 18.5. The fourth-order valence-electron chi connectivity index (χ4n) is 4.68. The highest BCUT2D eigenvalue weighted by atomic mass is 35.5. The number of amides is 2. The first kappa shape index (κ1) is 28.0. The van der Waals surface area contributed by atoms with Crippen molar-refractivity contribution in [2.24, 2.45) is 0 Å². The first-order valence-corrected chi connectivity index (χ1v) is 12.6. The van der Waals surface area contributed by atoms with Crippen LogP contribution in [-0.4, -0.2) is 38.7 Å². The zero-order valence-electron chi connectivity index (χ0n) is 22.6. The van der Waals surface area contributed by atoms with Crippen molar-refractivity contribution in [2.45, 2.75) is 31.8 Å². The van der Waals surface area contributed by atoms with Crippen molar-refractivity contribution in [3.8, 4) is 17.2 Å². The summed E-state index contributed by atoms with van der Waals surface area (Å²) in [5.74, 6) is -0.806. The Hall–Kier alpha value is -4.04. The van der Waals surface area contributed by atoms with Crippen molar-refractivity contribution in [3.05, 3.63) is 88.2 Å². The van der Waals surface area contributed by atoms with Gasteiger partial charge in [0.1, 0.15) is 5.82 Å². The van der Waals surface area contributed by atoms with Crippen LogP contribution in [0.25, 0.3) is 6.08 Å². The van der Waals surface area contributed by atoms with E-state index in [-0.39, 0.29) is 27.7 Å². The molecule has 1 atom stereocenters. The number of anilines is 1. The van der Waals surface area contributed by atoms with Gasteiger partial charge in [0.2, 0.25) is 5.75 Å². The topological polar surface area (TPSA) is 77.1 Å². The monoisotopic (exact) mass is 552 g/mol. The Morgan fingerprint density at radius 3 is 2.10 bits per heavy atom. The van der Waals surface area contributed by atoms with Crippen LogP contribution in [0.5, 0.6) is 17.2 Å². The minimum atomic E-state index is -1.75. The largest absolute Gasteiger partial charge is 0.493 e. The lowest BCUT2D eigenvalue weighted by Crippen LogP contribution is -2.71. The molecule has 7 nitrogen and oxygen atoms in total. The minimum Gasteiger partial charge on any atom is -0.493 e. The number of methoxy groups -OCH3 is 3. The number of carbonyl (C=O) groups is 2. The number of hydrogen-bond donors (Lipinski definition) is 1. The lowest BCUT2D eigenvalue weighted by atomic mass is 9.70. The van der Waals surface area contributed by atoms with Gasteiger partial charge in [-0.25, -0.2) is 4.39 Å². The van der Waals surface area contributed by atoms with E-state index in [2.05, 4.69) is 5.32 Å². The van der Waals surface area contributed by atoms with Gasteiger partial charge in [0, 0.05) is 17.7 Å². The van der Waals surface area contributed by atoms with E-state index in [4.69, 9.17) is 25.8 Å². The van der Waals surface area contributed by atoms with Gasteiger partial charge < -0.3 is 19.5 Å². The molecule has 1 unspecified atom stereocenters. The molecule has 204 valence electrons. The molecule has 1 saturated heterocycles. The number of carbonyl (C=O) groups excluding carboxylic acids is 2. The van der Waals surface area contributed by atoms with E-state index >= 15 is 0 Å². The van der Waals surface area contributed by atoms with Crippen molar-refractivity contribution in [1.29, 1.82) is 0 Å². The third kappa shape index (κ3) is 4.92. The van der Waals surface area contributed by atoms with E-state index in [1.165, 1.54) is 38.4 Å². The fraction of sp³-hybridized carbons (Fsp3) is 0.267. The van der Waals surface area contributed by atoms with Gasteiger partial charge in [0.05, 0.1) is 37.6 Å². The molecule has 3 aromatic carbocycles. The van der Waals surface area contributed by atoms with Gasteiger partial charge in [0.25, 0.3) is 11.8 Å². The van der Waals surface area contributed by atoms with E-state index in [9.17, 15) is 14.0 Å². The number of hydrogen-bond acceptors (Lipinski definition) is 5. The van der Waals surface area contributed by atoms with Crippen molar-refractivity contribution >= 4 is 35.2 Å². The number of halogens is 2. The number of rotatable bonds is 7. The molecule has 2 amide bonds. The van der Waals surface area contributed by atoms with Gasteiger partial charge in [0.15, 0.2) is 17.0 Å². The number of benzene rings is 3. The summed E-state index contributed by atoms with van der Waals surface area (Å²) in [6, 6.07) is 16.4. The second-order valence-electron chi connectivity index (χ2n) is 10.0. The predicted octanol–water partition coefficient (Wildman–Crippen LogP) is 5.75. The van der Waals surface area contributed by atoms with Crippen molar-refractivity contribution in [3.63, 3.8) is 0 Å². The quantitative estimate of drug-likeness (QED) is 0.298. The maximum atomic E-state index is 14.9. The Bertz CT molecular complexity index is 1430. The van der Waals surface area contributed by atoms with Crippen LogP contribution in [-0.2, 0) is 15.1 Å². The average Bonchev–Trinajstić information content (AvgIpc) is 2.90. The molecule has 1 aliphatic rings. The molecule has 0 saturated carbocycles. The van der Waals surface area contributed by atoms with Gasteiger partial charge >= 0.3 is 0 Å². The van der Waals surface area contributed by atoms with Crippen LogP contribution < -0.4 is 24.4 Å². The van der Waals surface area contributed by atoms with Crippen LogP contribution in [0.3, 0.4) is 0 Å². The smallest absolute Gasteiger partial charge is 0.259 e. The van der Waals surface area contributed by atoms with Gasteiger partial charge in [-0.1, -0.05) is 48.0 Å². The van der Waals surface area contributed by atoms with E-state index in [1.54, 1.807) is 24.3 Å². The molecule has 0 aromatic heterocycles. The first-order valence-electron chi connectivity index (χ1n) is 12.2.